The minimum Gasteiger partial charge on any atom is -0.495 e. The maximum absolute atomic E-state index is 11.1. The molecule has 0 fully saturated rings. The Morgan fingerprint density at radius 2 is 1.86 bits per heavy atom. The summed E-state index contributed by atoms with van der Waals surface area (Å²) in [4.78, 5) is -0.332. The van der Waals surface area contributed by atoms with Crippen LogP contribution in [0, 0.1) is 0 Å². The van der Waals surface area contributed by atoms with Gasteiger partial charge in [-0.25, -0.2) is 8.42 Å². The van der Waals surface area contributed by atoms with E-state index in [-0.39, 0.29) is 20.7 Å². The number of methoxy groups -OCH3 is 1. The summed E-state index contributed by atoms with van der Waals surface area (Å²) in [6.45, 7) is 0. The zero-order valence-corrected chi connectivity index (χ0v) is 10.0. The number of rotatable bonds is 2. The summed E-state index contributed by atoms with van der Waals surface area (Å²) in [5.74, 6) is 0.204. The van der Waals surface area contributed by atoms with Gasteiger partial charge in [0.15, 0.2) is 0 Å². The van der Waals surface area contributed by atoms with Gasteiger partial charge in [-0.2, -0.15) is 0 Å². The van der Waals surface area contributed by atoms with Crippen LogP contribution in [-0.2, 0) is 9.05 Å². The Balaban J connectivity index is 3.57. The molecule has 1 aromatic carbocycles. The normalized spacial score (nSPS) is 11.4. The molecule has 0 amide bonds. The second-order valence-corrected chi connectivity index (χ2v) is 5.62. The minimum absolute atomic E-state index is 0.0363. The molecule has 14 heavy (non-hydrogen) atoms. The molecule has 0 spiro atoms. The van der Waals surface area contributed by atoms with Crippen LogP contribution in [0.5, 0.6) is 5.75 Å². The molecule has 0 bridgehead atoms. The molecule has 0 saturated heterocycles. The van der Waals surface area contributed by atoms with E-state index in [1.807, 2.05) is 0 Å². The molecule has 1 rings (SSSR count). The molecular weight excluding hydrogens is 270 g/mol. The molecule has 1 aromatic rings. The van der Waals surface area contributed by atoms with Gasteiger partial charge in [0.05, 0.1) is 12.1 Å². The number of ether oxygens (including phenoxy) is 1. The highest BCUT2D eigenvalue weighted by molar-refractivity contribution is 8.14. The van der Waals surface area contributed by atoms with Gasteiger partial charge < -0.3 is 4.74 Å². The maximum Gasteiger partial charge on any atom is 0.264 e. The molecule has 0 aliphatic carbocycles. The summed E-state index contributed by atoms with van der Waals surface area (Å²) in [5, 5.41) is -0.152. The third-order valence-electron chi connectivity index (χ3n) is 1.48. The molecule has 7 heteroatoms. The molecule has 0 aromatic heterocycles. The Morgan fingerprint density at radius 1 is 1.29 bits per heavy atom. The molecule has 0 heterocycles. The summed E-state index contributed by atoms with van der Waals surface area (Å²) < 4.78 is 27.0. The van der Waals surface area contributed by atoms with Crippen molar-refractivity contribution in [3.8, 4) is 5.75 Å². The quantitative estimate of drug-likeness (QED) is 0.780. The summed E-state index contributed by atoms with van der Waals surface area (Å²) in [7, 11) is 2.54. The lowest BCUT2D eigenvalue weighted by Crippen LogP contribution is -1.95. The van der Waals surface area contributed by atoms with E-state index in [9.17, 15) is 8.42 Å². The Kier molecular flexibility index (Phi) is 3.53. The average Bonchev–Trinajstić information content (AvgIpc) is 2.02. The lowest BCUT2D eigenvalue weighted by molar-refractivity contribution is 0.414. The van der Waals surface area contributed by atoms with E-state index < -0.39 is 9.05 Å². The first-order valence-corrected chi connectivity index (χ1v) is 6.41. The number of benzene rings is 1. The number of hydrogen-bond acceptors (Lipinski definition) is 3. The van der Waals surface area contributed by atoms with Gasteiger partial charge in [-0.05, 0) is 12.1 Å². The molecule has 0 aliphatic heterocycles. The fourth-order valence-electron chi connectivity index (χ4n) is 0.896. The predicted octanol–water partition coefficient (Wildman–Crippen LogP) is 2.93. The van der Waals surface area contributed by atoms with Gasteiger partial charge in [0.2, 0.25) is 0 Å². The first-order valence-electron chi connectivity index (χ1n) is 3.34. The Labute approximate surface area is 95.9 Å². The van der Waals surface area contributed by atoms with Gasteiger partial charge in [-0.3, -0.25) is 0 Å². The van der Waals surface area contributed by atoms with E-state index in [0.29, 0.717) is 0 Å². The van der Waals surface area contributed by atoms with Crippen LogP contribution >= 0.6 is 33.9 Å². The Hall–Kier alpha value is -0.160. The lowest BCUT2D eigenvalue weighted by Gasteiger charge is -2.07. The van der Waals surface area contributed by atoms with Crippen LogP contribution in [0.2, 0.25) is 10.0 Å². The largest absolute Gasteiger partial charge is 0.495 e. The summed E-state index contributed by atoms with van der Waals surface area (Å²) in [5.41, 5.74) is 0. The second kappa shape index (κ2) is 4.14. The second-order valence-electron chi connectivity index (χ2n) is 2.33. The summed E-state index contributed by atoms with van der Waals surface area (Å²) in [6.07, 6.45) is 0. The van der Waals surface area contributed by atoms with Gasteiger partial charge in [0, 0.05) is 10.7 Å². The first kappa shape index (κ1) is 11.9. The van der Waals surface area contributed by atoms with E-state index in [1.165, 1.54) is 19.2 Å². The zero-order valence-electron chi connectivity index (χ0n) is 6.92. The van der Waals surface area contributed by atoms with Crippen LogP contribution in [0.4, 0.5) is 0 Å². The topological polar surface area (TPSA) is 43.4 Å². The van der Waals surface area contributed by atoms with Crippen LogP contribution < -0.4 is 4.74 Å². The van der Waals surface area contributed by atoms with Gasteiger partial charge in [0.1, 0.15) is 15.7 Å². The molecule has 0 atom stereocenters. The van der Waals surface area contributed by atoms with E-state index in [1.54, 1.807) is 0 Å². The Morgan fingerprint density at radius 3 is 2.29 bits per heavy atom. The number of halogens is 3. The van der Waals surface area contributed by atoms with Crippen molar-refractivity contribution in [3.05, 3.63) is 22.2 Å². The molecule has 0 saturated carbocycles. The smallest absolute Gasteiger partial charge is 0.264 e. The average molecular weight is 276 g/mol. The van der Waals surface area contributed by atoms with Crippen molar-refractivity contribution in [1.82, 2.24) is 0 Å². The molecular formula is C7H5Cl3O3S. The summed E-state index contributed by atoms with van der Waals surface area (Å²) in [6, 6.07) is 2.80. The highest BCUT2D eigenvalue weighted by Crippen LogP contribution is 2.37. The standard InChI is InChI=1S/C7H5Cl3O3S/c1-13-5-3-2-4(8)7(6(5)9)14(10,11)12/h2-3H,1H3. The van der Waals surface area contributed by atoms with Crippen LogP contribution in [0.1, 0.15) is 0 Å². The van der Waals surface area contributed by atoms with Gasteiger partial charge in [0.25, 0.3) is 9.05 Å². The third-order valence-corrected chi connectivity index (χ3v) is 3.77. The van der Waals surface area contributed by atoms with Crippen LogP contribution in [-0.4, -0.2) is 15.5 Å². The highest BCUT2D eigenvalue weighted by atomic mass is 35.7. The first-order chi connectivity index (χ1) is 6.38. The molecule has 0 aliphatic rings. The summed E-state index contributed by atoms with van der Waals surface area (Å²) >= 11 is 11.4. The van der Waals surface area contributed by atoms with E-state index in [2.05, 4.69) is 0 Å². The van der Waals surface area contributed by atoms with E-state index in [0.717, 1.165) is 0 Å². The molecule has 3 nitrogen and oxygen atoms in total. The van der Waals surface area contributed by atoms with Gasteiger partial charge >= 0.3 is 0 Å². The highest BCUT2D eigenvalue weighted by Gasteiger charge is 2.21. The molecule has 78 valence electrons. The van der Waals surface area contributed by atoms with E-state index in [4.69, 9.17) is 38.6 Å². The predicted molar refractivity (Wildman–Crippen MR) is 56.1 cm³/mol. The zero-order chi connectivity index (χ0) is 10.9. The van der Waals surface area contributed by atoms with Crippen LogP contribution in [0.25, 0.3) is 0 Å². The molecule has 0 unspecified atom stereocenters. The maximum atomic E-state index is 11.1. The number of hydrogen-bond donors (Lipinski definition) is 0. The van der Waals surface area contributed by atoms with Gasteiger partial charge in [-0.1, -0.05) is 23.2 Å². The molecule has 0 radical (unpaired) electrons. The Bertz CT molecular complexity index is 455. The van der Waals surface area contributed by atoms with Crippen LogP contribution in [0.15, 0.2) is 17.0 Å². The van der Waals surface area contributed by atoms with Crippen molar-refractivity contribution in [2.45, 2.75) is 4.90 Å². The fraction of sp³-hybridized carbons (Fsp3) is 0.143. The van der Waals surface area contributed by atoms with Crippen molar-refractivity contribution in [3.63, 3.8) is 0 Å². The lowest BCUT2D eigenvalue weighted by atomic mass is 10.3. The van der Waals surface area contributed by atoms with Crippen molar-refractivity contribution >= 4 is 42.9 Å². The van der Waals surface area contributed by atoms with Gasteiger partial charge in [-0.15, -0.1) is 0 Å². The fourth-order valence-corrected chi connectivity index (χ4v) is 3.29. The minimum atomic E-state index is -3.97. The van der Waals surface area contributed by atoms with E-state index >= 15 is 0 Å². The van der Waals surface area contributed by atoms with Crippen molar-refractivity contribution < 1.29 is 13.2 Å². The van der Waals surface area contributed by atoms with Crippen molar-refractivity contribution in [2.75, 3.05) is 7.11 Å². The third kappa shape index (κ3) is 2.25. The van der Waals surface area contributed by atoms with Crippen molar-refractivity contribution in [2.24, 2.45) is 0 Å². The SMILES string of the molecule is COc1ccc(Cl)c(S(=O)(=O)Cl)c1Cl. The molecule has 0 N–H and O–H groups in total. The van der Waals surface area contributed by atoms with Crippen molar-refractivity contribution in [1.29, 1.82) is 0 Å². The van der Waals surface area contributed by atoms with Crippen LogP contribution in [0.3, 0.4) is 0 Å². The monoisotopic (exact) mass is 274 g/mol.